The van der Waals surface area contributed by atoms with Crippen LogP contribution in [0.5, 0.6) is 0 Å². The molecule has 0 fully saturated rings. The Balaban J connectivity index is 2.12. The number of fused-ring (bicyclic) bond motifs is 3. The van der Waals surface area contributed by atoms with Gasteiger partial charge in [-0.1, -0.05) is 54.9 Å². The molecule has 1 aromatic heterocycles. The molecule has 0 N–H and O–H groups in total. The summed E-state index contributed by atoms with van der Waals surface area (Å²) in [7, 11) is 0. The summed E-state index contributed by atoms with van der Waals surface area (Å²) in [5.41, 5.74) is 3.76. The molecular formula is C19H15BrClN. The quantitative estimate of drug-likeness (QED) is 0.458. The van der Waals surface area contributed by atoms with Crippen molar-refractivity contribution in [1.29, 1.82) is 0 Å². The van der Waals surface area contributed by atoms with Crippen LogP contribution in [0.4, 0.5) is 0 Å². The number of para-hydroxylation sites is 2. The van der Waals surface area contributed by atoms with Crippen molar-refractivity contribution in [3.63, 3.8) is 0 Å². The van der Waals surface area contributed by atoms with Gasteiger partial charge in [0.15, 0.2) is 0 Å². The summed E-state index contributed by atoms with van der Waals surface area (Å²) >= 11 is 10.0. The van der Waals surface area contributed by atoms with Gasteiger partial charge in [-0.05, 0) is 46.5 Å². The van der Waals surface area contributed by atoms with E-state index in [1.807, 2.05) is 6.08 Å². The Labute approximate surface area is 143 Å². The van der Waals surface area contributed by atoms with Gasteiger partial charge in [0.25, 0.3) is 0 Å². The van der Waals surface area contributed by atoms with E-state index in [4.69, 9.17) is 11.6 Å². The third-order valence-electron chi connectivity index (χ3n) is 4.36. The lowest BCUT2D eigenvalue weighted by molar-refractivity contribution is 0.714. The number of hydrogen-bond acceptors (Lipinski definition) is 0. The van der Waals surface area contributed by atoms with Crippen molar-refractivity contribution in [3.8, 4) is 0 Å². The van der Waals surface area contributed by atoms with Crippen LogP contribution in [0, 0.1) is 5.92 Å². The fourth-order valence-corrected chi connectivity index (χ4v) is 4.15. The van der Waals surface area contributed by atoms with Gasteiger partial charge in [0.05, 0.1) is 11.0 Å². The second kappa shape index (κ2) is 5.29. The van der Waals surface area contributed by atoms with E-state index in [2.05, 4.69) is 76.0 Å². The third kappa shape index (κ3) is 2.05. The molecule has 0 amide bonds. The van der Waals surface area contributed by atoms with Crippen molar-refractivity contribution in [3.05, 3.63) is 64.1 Å². The van der Waals surface area contributed by atoms with Crippen LogP contribution in [0.3, 0.4) is 0 Å². The zero-order valence-corrected chi connectivity index (χ0v) is 14.5. The average Bonchev–Trinajstić information content (AvgIpc) is 2.86. The summed E-state index contributed by atoms with van der Waals surface area (Å²) < 4.78 is 3.44. The molecule has 1 nitrogen and oxygen atoms in total. The first-order valence-electron chi connectivity index (χ1n) is 7.41. The number of rotatable bonds is 1. The van der Waals surface area contributed by atoms with Crippen molar-refractivity contribution in [1.82, 2.24) is 4.57 Å². The molecule has 110 valence electrons. The molecule has 1 aliphatic carbocycles. The Morgan fingerprint density at radius 3 is 2.14 bits per heavy atom. The van der Waals surface area contributed by atoms with Gasteiger partial charge in [-0.15, -0.1) is 0 Å². The first kappa shape index (κ1) is 14.1. The normalized spacial score (nSPS) is 19.0. The molecule has 22 heavy (non-hydrogen) atoms. The minimum absolute atomic E-state index is 0.345. The fourth-order valence-electron chi connectivity index (χ4n) is 3.24. The van der Waals surface area contributed by atoms with E-state index in [1.165, 1.54) is 27.5 Å². The largest absolute Gasteiger partial charge is 0.312 e. The van der Waals surface area contributed by atoms with Crippen LogP contribution in [0.15, 0.2) is 64.1 Å². The molecular weight excluding hydrogens is 358 g/mol. The highest BCUT2D eigenvalue weighted by atomic mass is 79.9. The van der Waals surface area contributed by atoms with Crippen LogP contribution >= 0.6 is 27.5 Å². The number of benzene rings is 2. The van der Waals surface area contributed by atoms with Crippen LogP contribution < -0.4 is 0 Å². The van der Waals surface area contributed by atoms with Crippen molar-refractivity contribution >= 4 is 55.0 Å². The maximum absolute atomic E-state index is 6.31. The molecule has 1 aliphatic rings. The third-order valence-corrected chi connectivity index (χ3v) is 5.53. The molecule has 0 saturated heterocycles. The van der Waals surface area contributed by atoms with Crippen LogP contribution in [-0.4, -0.2) is 4.57 Å². The number of hydrogen-bond donors (Lipinski definition) is 0. The monoisotopic (exact) mass is 371 g/mol. The van der Waals surface area contributed by atoms with E-state index in [9.17, 15) is 0 Å². The number of halogens is 2. The smallest absolute Gasteiger partial charge is 0.0538 e. The molecule has 0 bridgehead atoms. The Morgan fingerprint density at radius 2 is 1.55 bits per heavy atom. The molecule has 3 heteroatoms. The predicted octanol–water partition coefficient (Wildman–Crippen LogP) is 6.52. The highest BCUT2D eigenvalue weighted by Gasteiger charge is 2.22. The minimum Gasteiger partial charge on any atom is -0.312 e. The van der Waals surface area contributed by atoms with E-state index in [0.29, 0.717) is 5.92 Å². The fraction of sp³-hybridized carbons (Fsp3) is 0.158. The summed E-state index contributed by atoms with van der Waals surface area (Å²) in [5, 5.41) is 3.50. The lowest BCUT2D eigenvalue weighted by Gasteiger charge is -2.22. The summed E-state index contributed by atoms with van der Waals surface area (Å²) in [6.45, 7) is 2.17. The summed E-state index contributed by atoms with van der Waals surface area (Å²) in [5.74, 6) is 0.345. The molecule has 0 aliphatic heterocycles. The second-order valence-corrected chi connectivity index (χ2v) is 7.09. The van der Waals surface area contributed by atoms with Gasteiger partial charge < -0.3 is 4.57 Å². The lowest BCUT2D eigenvalue weighted by atomic mass is 9.99. The standard InChI is InChI=1S/C19H15BrClN/c1-12-10-19(15(20)11-16(12)21)22-17-8-4-2-6-13(17)14-7-3-5-9-18(14)22/h2-9,11-12H,10H2,1H3. The highest BCUT2D eigenvalue weighted by Crippen LogP contribution is 2.40. The Kier molecular flexibility index (Phi) is 3.39. The first-order valence-corrected chi connectivity index (χ1v) is 8.58. The van der Waals surface area contributed by atoms with E-state index in [1.54, 1.807) is 0 Å². The Hall–Kier alpha value is -1.51. The van der Waals surface area contributed by atoms with Gasteiger partial charge in [0.1, 0.15) is 0 Å². The van der Waals surface area contributed by atoms with Crippen LogP contribution in [0.25, 0.3) is 27.5 Å². The maximum Gasteiger partial charge on any atom is 0.0538 e. The van der Waals surface area contributed by atoms with Crippen molar-refractivity contribution in [2.75, 3.05) is 0 Å². The highest BCUT2D eigenvalue weighted by molar-refractivity contribution is 9.12. The van der Waals surface area contributed by atoms with Gasteiger partial charge >= 0.3 is 0 Å². The molecule has 3 aromatic rings. The van der Waals surface area contributed by atoms with Crippen LogP contribution in [0.2, 0.25) is 0 Å². The second-order valence-electron chi connectivity index (χ2n) is 5.80. The Morgan fingerprint density at radius 1 is 1.00 bits per heavy atom. The van der Waals surface area contributed by atoms with Gasteiger partial charge in [-0.3, -0.25) is 0 Å². The minimum atomic E-state index is 0.345. The van der Waals surface area contributed by atoms with E-state index in [-0.39, 0.29) is 0 Å². The Bertz CT molecular complexity index is 895. The van der Waals surface area contributed by atoms with Crippen molar-refractivity contribution < 1.29 is 0 Å². The van der Waals surface area contributed by atoms with Crippen LogP contribution in [0.1, 0.15) is 13.3 Å². The molecule has 0 radical (unpaired) electrons. The summed E-state index contributed by atoms with van der Waals surface area (Å²) in [6, 6.07) is 17.2. The molecule has 0 saturated carbocycles. The zero-order chi connectivity index (χ0) is 15.3. The molecule has 1 unspecified atom stereocenters. The number of aromatic nitrogens is 1. The van der Waals surface area contributed by atoms with Gasteiger partial charge in [0.2, 0.25) is 0 Å². The van der Waals surface area contributed by atoms with E-state index < -0.39 is 0 Å². The van der Waals surface area contributed by atoms with Gasteiger partial charge in [-0.25, -0.2) is 0 Å². The summed E-state index contributed by atoms with van der Waals surface area (Å²) in [4.78, 5) is 0. The topological polar surface area (TPSA) is 4.93 Å². The SMILES string of the molecule is CC1CC(n2c3ccccc3c3ccccc32)=C(Br)C=C1Cl. The molecule has 2 aromatic carbocycles. The molecule has 1 heterocycles. The van der Waals surface area contributed by atoms with E-state index >= 15 is 0 Å². The number of allylic oxidation sites excluding steroid dienone is 4. The van der Waals surface area contributed by atoms with Crippen molar-refractivity contribution in [2.45, 2.75) is 13.3 Å². The predicted molar refractivity (Wildman–Crippen MR) is 99.3 cm³/mol. The molecule has 1 atom stereocenters. The van der Waals surface area contributed by atoms with Crippen molar-refractivity contribution in [2.24, 2.45) is 5.92 Å². The summed E-state index contributed by atoms with van der Waals surface area (Å²) in [6.07, 6.45) is 2.97. The van der Waals surface area contributed by atoms with Gasteiger partial charge in [-0.2, -0.15) is 0 Å². The zero-order valence-electron chi connectivity index (χ0n) is 12.2. The molecule has 4 rings (SSSR count). The van der Waals surface area contributed by atoms with Gasteiger partial charge in [0, 0.05) is 26.0 Å². The maximum atomic E-state index is 6.31. The average molecular weight is 373 g/mol. The lowest BCUT2D eigenvalue weighted by Crippen LogP contribution is -2.08. The van der Waals surface area contributed by atoms with E-state index in [0.717, 1.165) is 15.9 Å². The number of nitrogens with zero attached hydrogens (tertiary/aromatic N) is 1. The van der Waals surface area contributed by atoms with Crippen LogP contribution in [-0.2, 0) is 0 Å². The molecule has 0 spiro atoms. The first-order chi connectivity index (χ1) is 10.7.